The van der Waals surface area contributed by atoms with Gasteiger partial charge in [-0.25, -0.2) is 17.5 Å². The number of nitrogens with one attached hydrogen (secondary N) is 1. The molecule has 0 bridgehead atoms. The average Bonchev–Trinajstić information content (AvgIpc) is 2.54. The van der Waals surface area contributed by atoms with Crippen molar-refractivity contribution < 1.29 is 22.3 Å². The van der Waals surface area contributed by atoms with Gasteiger partial charge in [-0.3, -0.25) is 0 Å². The van der Waals surface area contributed by atoms with E-state index < -0.39 is 20.7 Å². The number of ether oxygens (including phenoxy) is 2. The standard InChI is InChI=1S/C15H23FN2O4S.ClH/c1-21-13-7-11(16)15(8-14(13)22-2)23(19,20)18-12-6-4-3-5-10(12)9-17;/h7-8,10,12,18H,3-6,9,17H2,1-2H3;1H. The summed E-state index contributed by atoms with van der Waals surface area (Å²) in [5.41, 5.74) is 5.72. The first-order chi connectivity index (χ1) is 10.9. The van der Waals surface area contributed by atoms with E-state index in [-0.39, 0.29) is 35.9 Å². The smallest absolute Gasteiger partial charge is 0.243 e. The Labute approximate surface area is 148 Å². The van der Waals surface area contributed by atoms with Crippen molar-refractivity contribution in [3.63, 3.8) is 0 Å². The van der Waals surface area contributed by atoms with Crippen LogP contribution in [0.5, 0.6) is 11.5 Å². The average molecular weight is 383 g/mol. The van der Waals surface area contributed by atoms with Crippen LogP contribution < -0.4 is 19.9 Å². The van der Waals surface area contributed by atoms with Crippen LogP contribution in [0.3, 0.4) is 0 Å². The Morgan fingerprint density at radius 1 is 1.21 bits per heavy atom. The van der Waals surface area contributed by atoms with E-state index in [2.05, 4.69) is 4.72 Å². The van der Waals surface area contributed by atoms with Crippen LogP contribution >= 0.6 is 12.4 Å². The summed E-state index contributed by atoms with van der Waals surface area (Å²) in [6.07, 6.45) is 3.54. The maximum absolute atomic E-state index is 14.2. The summed E-state index contributed by atoms with van der Waals surface area (Å²) in [6.45, 7) is 0.404. The van der Waals surface area contributed by atoms with E-state index in [1.165, 1.54) is 14.2 Å². The predicted octanol–water partition coefficient (Wildman–Crippen LogP) is 2.06. The molecule has 9 heteroatoms. The molecule has 0 saturated heterocycles. The van der Waals surface area contributed by atoms with Crippen LogP contribution in [0.2, 0.25) is 0 Å². The first kappa shape index (κ1) is 21.0. The molecule has 6 nitrogen and oxygen atoms in total. The van der Waals surface area contributed by atoms with Crippen molar-refractivity contribution in [1.29, 1.82) is 0 Å². The quantitative estimate of drug-likeness (QED) is 0.785. The van der Waals surface area contributed by atoms with Crippen LogP contribution in [-0.4, -0.2) is 35.2 Å². The number of nitrogens with two attached hydrogens (primary N) is 1. The van der Waals surface area contributed by atoms with Gasteiger partial charge in [0.05, 0.1) is 14.2 Å². The topological polar surface area (TPSA) is 90.7 Å². The van der Waals surface area contributed by atoms with Crippen molar-refractivity contribution in [2.75, 3.05) is 20.8 Å². The highest BCUT2D eigenvalue weighted by Crippen LogP contribution is 2.32. The molecule has 0 aliphatic heterocycles. The first-order valence-corrected chi connectivity index (χ1v) is 9.05. The number of hydrogen-bond acceptors (Lipinski definition) is 5. The Morgan fingerprint density at radius 3 is 2.38 bits per heavy atom. The van der Waals surface area contributed by atoms with E-state index in [0.717, 1.165) is 31.4 Å². The van der Waals surface area contributed by atoms with Crippen molar-refractivity contribution in [2.24, 2.45) is 11.7 Å². The number of rotatable bonds is 6. The molecule has 0 spiro atoms. The lowest BCUT2D eigenvalue weighted by Crippen LogP contribution is -2.44. The van der Waals surface area contributed by atoms with E-state index in [0.29, 0.717) is 13.0 Å². The molecule has 2 unspecified atom stereocenters. The van der Waals surface area contributed by atoms with Gasteiger partial charge in [0, 0.05) is 18.2 Å². The molecule has 1 fully saturated rings. The van der Waals surface area contributed by atoms with Gasteiger partial charge in [0.1, 0.15) is 10.7 Å². The van der Waals surface area contributed by atoms with E-state index in [9.17, 15) is 12.8 Å². The highest BCUT2D eigenvalue weighted by atomic mass is 35.5. The third-order valence-electron chi connectivity index (χ3n) is 4.25. The Bertz CT molecular complexity index is 657. The Balaban J connectivity index is 0.00000288. The number of benzene rings is 1. The molecule has 1 aromatic carbocycles. The summed E-state index contributed by atoms with van der Waals surface area (Å²) >= 11 is 0. The predicted molar refractivity (Wildman–Crippen MR) is 91.9 cm³/mol. The lowest BCUT2D eigenvalue weighted by Gasteiger charge is -2.31. The van der Waals surface area contributed by atoms with Gasteiger partial charge in [-0.1, -0.05) is 12.8 Å². The molecule has 1 saturated carbocycles. The van der Waals surface area contributed by atoms with Crippen LogP contribution in [0.1, 0.15) is 25.7 Å². The van der Waals surface area contributed by atoms with Crippen molar-refractivity contribution in [3.05, 3.63) is 17.9 Å². The van der Waals surface area contributed by atoms with Crippen LogP contribution in [-0.2, 0) is 10.0 Å². The van der Waals surface area contributed by atoms with Gasteiger partial charge in [-0.2, -0.15) is 0 Å². The number of hydrogen-bond donors (Lipinski definition) is 2. The lowest BCUT2D eigenvalue weighted by atomic mass is 9.85. The minimum Gasteiger partial charge on any atom is -0.493 e. The molecular weight excluding hydrogens is 359 g/mol. The normalized spacial score (nSPS) is 21.0. The molecule has 0 amide bonds. The molecule has 0 radical (unpaired) electrons. The fourth-order valence-electron chi connectivity index (χ4n) is 2.95. The van der Waals surface area contributed by atoms with Gasteiger partial charge in [0.2, 0.25) is 10.0 Å². The van der Waals surface area contributed by atoms with Gasteiger partial charge >= 0.3 is 0 Å². The summed E-state index contributed by atoms with van der Waals surface area (Å²) in [7, 11) is -1.28. The van der Waals surface area contributed by atoms with Crippen LogP contribution in [0.15, 0.2) is 17.0 Å². The lowest BCUT2D eigenvalue weighted by molar-refractivity contribution is 0.295. The van der Waals surface area contributed by atoms with Crippen LogP contribution in [0, 0.1) is 11.7 Å². The first-order valence-electron chi connectivity index (χ1n) is 7.57. The zero-order chi connectivity index (χ0) is 17.0. The molecule has 0 aromatic heterocycles. The second kappa shape index (κ2) is 8.84. The molecule has 3 N–H and O–H groups in total. The number of halogens is 2. The van der Waals surface area contributed by atoms with Gasteiger partial charge in [0.15, 0.2) is 11.5 Å². The van der Waals surface area contributed by atoms with Crippen molar-refractivity contribution in [2.45, 2.75) is 36.6 Å². The third-order valence-corrected chi connectivity index (χ3v) is 5.75. The molecule has 24 heavy (non-hydrogen) atoms. The van der Waals surface area contributed by atoms with Crippen LogP contribution in [0.25, 0.3) is 0 Å². The minimum absolute atomic E-state index is 0. The monoisotopic (exact) mass is 382 g/mol. The number of sulfonamides is 1. The molecule has 1 aliphatic carbocycles. The van der Waals surface area contributed by atoms with Crippen molar-refractivity contribution in [3.8, 4) is 11.5 Å². The summed E-state index contributed by atoms with van der Waals surface area (Å²) in [5.74, 6) is -0.508. The van der Waals surface area contributed by atoms with Crippen molar-refractivity contribution >= 4 is 22.4 Å². The van der Waals surface area contributed by atoms with Gasteiger partial charge in [-0.15, -0.1) is 12.4 Å². The molecule has 2 rings (SSSR count). The van der Waals surface area contributed by atoms with Gasteiger partial charge in [-0.05, 0) is 25.3 Å². The van der Waals surface area contributed by atoms with E-state index in [1.54, 1.807) is 0 Å². The Morgan fingerprint density at radius 2 is 1.79 bits per heavy atom. The third kappa shape index (κ3) is 4.50. The number of methoxy groups -OCH3 is 2. The fourth-order valence-corrected chi connectivity index (χ4v) is 4.36. The molecular formula is C15H24ClFN2O4S. The molecule has 0 heterocycles. The van der Waals surface area contributed by atoms with Gasteiger partial charge in [0.25, 0.3) is 0 Å². The fraction of sp³-hybridized carbons (Fsp3) is 0.600. The molecule has 138 valence electrons. The van der Waals surface area contributed by atoms with Crippen LogP contribution in [0.4, 0.5) is 4.39 Å². The Hall–Kier alpha value is -1.09. The van der Waals surface area contributed by atoms with Crippen molar-refractivity contribution in [1.82, 2.24) is 4.72 Å². The second-order valence-corrected chi connectivity index (χ2v) is 7.33. The zero-order valence-electron chi connectivity index (χ0n) is 13.7. The van der Waals surface area contributed by atoms with E-state index in [4.69, 9.17) is 15.2 Å². The van der Waals surface area contributed by atoms with E-state index in [1.807, 2.05) is 0 Å². The molecule has 1 aromatic rings. The van der Waals surface area contributed by atoms with E-state index >= 15 is 0 Å². The largest absolute Gasteiger partial charge is 0.493 e. The maximum Gasteiger partial charge on any atom is 0.243 e. The summed E-state index contributed by atoms with van der Waals surface area (Å²) in [6, 6.07) is 1.87. The summed E-state index contributed by atoms with van der Waals surface area (Å²) in [4.78, 5) is -0.448. The highest BCUT2D eigenvalue weighted by molar-refractivity contribution is 7.89. The highest BCUT2D eigenvalue weighted by Gasteiger charge is 2.30. The molecule has 1 aliphatic rings. The Kier molecular flexibility index (Phi) is 7.72. The maximum atomic E-state index is 14.2. The summed E-state index contributed by atoms with van der Waals surface area (Å²) in [5, 5.41) is 0. The minimum atomic E-state index is -4.01. The molecule has 2 atom stereocenters. The summed E-state index contributed by atoms with van der Waals surface area (Å²) < 4.78 is 52.0. The zero-order valence-corrected chi connectivity index (χ0v) is 15.4. The SMILES string of the molecule is COc1cc(F)c(S(=O)(=O)NC2CCCCC2CN)cc1OC.Cl. The second-order valence-electron chi connectivity index (χ2n) is 5.65. The van der Waals surface area contributed by atoms with Gasteiger partial charge < -0.3 is 15.2 Å².